The highest BCUT2D eigenvalue weighted by Crippen LogP contribution is 2.38. The first-order chi connectivity index (χ1) is 8.44. The Hall–Kier alpha value is -1.22. The zero-order chi connectivity index (χ0) is 13.3. The van der Waals surface area contributed by atoms with E-state index in [-0.39, 0.29) is 6.04 Å². The Labute approximate surface area is 110 Å². The largest absolute Gasteiger partial charge is 0.496 e. The molecule has 18 heavy (non-hydrogen) atoms. The van der Waals surface area contributed by atoms with Crippen molar-refractivity contribution in [3.63, 3.8) is 0 Å². The predicted molar refractivity (Wildman–Crippen MR) is 76.2 cm³/mol. The number of ether oxygens (including phenoxy) is 1. The van der Waals surface area contributed by atoms with Crippen molar-refractivity contribution in [1.29, 1.82) is 0 Å². The van der Waals surface area contributed by atoms with Gasteiger partial charge in [0.05, 0.1) is 7.11 Å². The summed E-state index contributed by atoms with van der Waals surface area (Å²) in [5.41, 5.74) is 8.86. The number of methoxy groups -OCH3 is 1. The van der Waals surface area contributed by atoms with Crippen LogP contribution >= 0.6 is 0 Å². The summed E-state index contributed by atoms with van der Waals surface area (Å²) in [7, 11) is 1.71. The van der Waals surface area contributed by atoms with Gasteiger partial charge in [-0.1, -0.05) is 19.9 Å². The number of anilines is 1. The van der Waals surface area contributed by atoms with Crippen molar-refractivity contribution in [2.45, 2.75) is 33.2 Å². The third kappa shape index (κ3) is 2.46. The summed E-state index contributed by atoms with van der Waals surface area (Å²) < 4.78 is 5.45. The monoisotopic (exact) mass is 248 g/mol. The van der Waals surface area contributed by atoms with Gasteiger partial charge in [-0.05, 0) is 30.9 Å². The van der Waals surface area contributed by atoms with E-state index in [0.29, 0.717) is 5.41 Å². The van der Waals surface area contributed by atoms with Gasteiger partial charge in [-0.2, -0.15) is 0 Å². The third-order valence-corrected chi connectivity index (χ3v) is 3.74. The summed E-state index contributed by atoms with van der Waals surface area (Å²) in [4.78, 5) is 2.43. The molecule has 1 heterocycles. The van der Waals surface area contributed by atoms with Crippen LogP contribution < -0.4 is 15.4 Å². The van der Waals surface area contributed by atoms with Crippen molar-refractivity contribution in [2.24, 2.45) is 11.1 Å². The van der Waals surface area contributed by atoms with Crippen LogP contribution in [0.4, 0.5) is 5.69 Å². The lowest BCUT2D eigenvalue weighted by Crippen LogP contribution is -2.25. The normalized spacial score (nSPS) is 19.9. The molecule has 1 aromatic carbocycles. The van der Waals surface area contributed by atoms with Gasteiger partial charge < -0.3 is 15.4 Å². The summed E-state index contributed by atoms with van der Waals surface area (Å²) in [6, 6.07) is 6.18. The molecule has 0 unspecified atom stereocenters. The smallest absolute Gasteiger partial charge is 0.125 e. The molecule has 1 saturated heterocycles. The maximum atomic E-state index is 6.12. The molecule has 1 aromatic rings. The second-order valence-electron chi connectivity index (χ2n) is 6.02. The van der Waals surface area contributed by atoms with E-state index in [4.69, 9.17) is 10.5 Å². The Bertz CT molecular complexity index is 427. The fourth-order valence-corrected chi connectivity index (χ4v) is 2.76. The van der Waals surface area contributed by atoms with Gasteiger partial charge >= 0.3 is 0 Å². The number of nitrogens with zero attached hydrogens (tertiary/aromatic N) is 1. The fraction of sp³-hybridized carbons (Fsp3) is 0.600. The first kappa shape index (κ1) is 13.2. The van der Waals surface area contributed by atoms with Crippen LogP contribution in [0, 0.1) is 5.41 Å². The van der Waals surface area contributed by atoms with Gasteiger partial charge in [0.1, 0.15) is 5.75 Å². The van der Waals surface area contributed by atoms with Crippen LogP contribution in [0.3, 0.4) is 0 Å². The second-order valence-corrected chi connectivity index (χ2v) is 6.02. The molecule has 1 aliphatic rings. The van der Waals surface area contributed by atoms with E-state index in [9.17, 15) is 0 Å². The van der Waals surface area contributed by atoms with Gasteiger partial charge in [-0.3, -0.25) is 0 Å². The molecule has 0 saturated carbocycles. The molecule has 2 N–H and O–H groups in total. The molecule has 100 valence electrons. The van der Waals surface area contributed by atoms with Gasteiger partial charge in [0, 0.05) is 30.4 Å². The fourth-order valence-electron chi connectivity index (χ4n) is 2.76. The molecule has 2 rings (SSSR count). The van der Waals surface area contributed by atoms with Gasteiger partial charge in [0.15, 0.2) is 0 Å². The molecule has 0 spiro atoms. The van der Waals surface area contributed by atoms with E-state index >= 15 is 0 Å². The highest BCUT2D eigenvalue weighted by Gasteiger charge is 2.31. The van der Waals surface area contributed by atoms with Crippen molar-refractivity contribution in [2.75, 3.05) is 25.1 Å². The molecule has 0 aromatic heterocycles. The predicted octanol–water partition coefficient (Wildman–Crippen LogP) is 2.95. The number of hydrogen-bond donors (Lipinski definition) is 1. The van der Waals surface area contributed by atoms with E-state index < -0.39 is 0 Å². The summed E-state index contributed by atoms with van der Waals surface area (Å²) in [5, 5.41) is 0. The summed E-state index contributed by atoms with van der Waals surface area (Å²) in [6.07, 6.45) is 1.22. The maximum absolute atomic E-state index is 6.12. The van der Waals surface area contributed by atoms with E-state index in [0.717, 1.165) is 24.4 Å². The standard InChI is InChI=1S/C15H24N2O/c1-11(16)14-12(6-5-7-13(14)18-4)17-9-8-15(2,3)10-17/h5-7,11H,8-10,16H2,1-4H3/t11-/m0/s1. The molecule has 1 atom stereocenters. The Morgan fingerprint density at radius 2 is 2.11 bits per heavy atom. The third-order valence-electron chi connectivity index (χ3n) is 3.74. The Morgan fingerprint density at radius 3 is 2.61 bits per heavy atom. The average molecular weight is 248 g/mol. The molecule has 3 nitrogen and oxygen atoms in total. The molecular weight excluding hydrogens is 224 g/mol. The molecule has 1 fully saturated rings. The molecule has 0 bridgehead atoms. The Kier molecular flexibility index (Phi) is 3.53. The molecule has 3 heteroatoms. The Balaban J connectivity index is 2.39. The van der Waals surface area contributed by atoms with E-state index in [2.05, 4.69) is 24.8 Å². The SMILES string of the molecule is COc1cccc(N2CCC(C)(C)C2)c1[C@H](C)N. The van der Waals surface area contributed by atoms with Crippen LogP contribution in [0.2, 0.25) is 0 Å². The molecule has 1 aliphatic heterocycles. The van der Waals surface area contributed by atoms with Crippen molar-refractivity contribution >= 4 is 5.69 Å². The van der Waals surface area contributed by atoms with Crippen LogP contribution in [0.5, 0.6) is 5.75 Å². The number of rotatable bonds is 3. The van der Waals surface area contributed by atoms with E-state index in [1.54, 1.807) is 7.11 Å². The minimum absolute atomic E-state index is 0.0140. The van der Waals surface area contributed by atoms with Crippen LogP contribution in [-0.2, 0) is 0 Å². The quantitative estimate of drug-likeness (QED) is 0.893. The summed E-state index contributed by atoms with van der Waals surface area (Å²) in [6.45, 7) is 8.83. The summed E-state index contributed by atoms with van der Waals surface area (Å²) >= 11 is 0. The van der Waals surface area contributed by atoms with Crippen LogP contribution in [0.25, 0.3) is 0 Å². The minimum Gasteiger partial charge on any atom is -0.496 e. The van der Waals surface area contributed by atoms with Crippen LogP contribution in [-0.4, -0.2) is 20.2 Å². The maximum Gasteiger partial charge on any atom is 0.125 e. The van der Waals surface area contributed by atoms with Crippen molar-refractivity contribution in [1.82, 2.24) is 0 Å². The molecule has 0 aliphatic carbocycles. The first-order valence-electron chi connectivity index (χ1n) is 6.62. The lowest BCUT2D eigenvalue weighted by molar-refractivity contribution is 0.406. The minimum atomic E-state index is -0.0140. The molecular formula is C15H24N2O. The van der Waals surface area contributed by atoms with Crippen LogP contribution in [0.15, 0.2) is 18.2 Å². The number of benzene rings is 1. The van der Waals surface area contributed by atoms with Crippen LogP contribution in [0.1, 0.15) is 38.8 Å². The lowest BCUT2D eigenvalue weighted by Gasteiger charge is -2.26. The van der Waals surface area contributed by atoms with E-state index in [1.165, 1.54) is 12.1 Å². The van der Waals surface area contributed by atoms with E-state index in [1.807, 2.05) is 19.1 Å². The topological polar surface area (TPSA) is 38.5 Å². The lowest BCUT2D eigenvalue weighted by atomic mass is 9.93. The highest BCUT2D eigenvalue weighted by atomic mass is 16.5. The van der Waals surface area contributed by atoms with Gasteiger partial charge in [0.2, 0.25) is 0 Å². The molecule has 0 radical (unpaired) electrons. The van der Waals surface area contributed by atoms with Crippen molar-refractivity contribution in [3.05, 3.63) is 23.8 Å². The Morgan fingerprint density at radius 1 is 1.39 bits per heavy atom. The van der Waals surface area contributed by atoms with Gasteiger partial charge in [-0.25, -0.2) is 0 Å². The summed E-state index contributed by atoms with van der Waals surface area (Å²) in [5.74, 6) is 0.896. The van der Waals surface area contributed by atoms with Gasteiger partial charge in [0.25, 0.3) is 0 Å². The second kappa shape index (κ2) is 4.81. The highest BCUT2D eigenvalue weighted by molar-refractivity contribution is 5.61. The first-order valence-corrected chi connectivity index (χ1v) is 6.62. The van der Waals surface area contributed by atoms with Crippen molar-refractivity contribution < 1.29 is 4.74 Å². The molecule has 0 amide bonds. The number of hydrogen-bond acceptors (Lipinski definition) is 3. The number of nitrogens with two attached hydrogens (primary N) is 1. The van der Waals surface area contributed by atoms with Gasteiger partial charge in [-0.15, -0.1) is 0 Å². The zero-order valence-electron chi connectivity index (χ0n) is 11.9. The zero-order valence-corrected chi connectivity index (χ0v) is 11.9. The average Bonchev–Trinajstić information content (AvgIpc) is 2.68. The van der Waals surface area contributed by atoms with Crippen molar-refractivity contribution in [3.8, 4) is 5.75 Å².